The number of aromatic nitrogens is 1. The molecule has 2 heterocycles. The Labute approximate surface area is 230 Å². The Hall–Kier alpha value is -4.09. The molecule has 0 saturated carbocycles. The number of nitrogens with two attached hydrogens (primary N) is 1. The molecule has 9 nitrogen and oxygen atoms in total. The highest BCUT2D eigenvalue weighted by atomic mass is 19.1. The van der Waals surface area contributed by atoms with Crippen molar-refractivity contribution in [1.29, 1.82) is 0 Å². The van der Waals surface area contributed by atoms with Crippen LogP contribution in [-0.2, 0) is 22.7 Å². The number of carbonyl (C=O) groups is 2. The number of carboxylic acid groups (broad SMARTS) is 2. The van der Waals surface area contributed by atoms with Gasteiger partial charge in [-0.1, -0.05) is 43.7 Å². The third-order valence-corrected chi connectivity index (χ3v) is 6.81. The first-order chi connectivity index (χ1) is 19.2. The minimum Gasteiger partial charge on any atom is -0.480 e. The van der Waals surface area contributed by atoms with Gasteiger partial charge in [-0.2, -0.15) is 4.98 Å². The van der Waals surface area contributed by atoms with Crippen LogP contribution in [0.5, 0.6) is 17.5 Å². The molecular formula is C29H31F2N3O6. The number of rotatable bonds is 11. The second-order valence-electron chi connectivity index (χ2n) is 9.56. The van der Waals surface area contributed by atoms with Gasteiger partial charge in [0.2, 0.25) is 0 Å². The van der Waals surface area contributed by atoms with Gasteiger partial charge in [0.25, 0.3) is 11.8 Å². The number of carboxylic acids is 2. The third-order valence-electron chi connectivity index (χ3n) is 6.81. The lowest BCUT2D eigenvalue weighted by Gasteiger charge is -2.33. The molecule has 4 rings (SSSR count). The van der Waals surface area contributed by atoms with Crippen LogP contribution in [0, 0.1) is 11.6 Å². The van der Waals surface area contributed by atoms with Gasteiger partial charge in [0.1, 0.15) is 11.8 Å². The van der Waals surface area contributed by atoms with Gasteiger partial charge in [0, 0.05) is 24.7 Å². The van der Waals surface area contributed by atoms with Crippen molar-refractivity contribution in [3.05, 3.63) is 71.3 Å². The predicted octanol–water partition coefficient (Wildman–Crippen LogP) is 4.96. The summed E-state index contributed by atoms with van der Waals surface area (Å²) in [6.07, 6.45) is 0.781. The van der Waals surface area contributed by atoms with Crippen LogP contribution < -0.4 is 15.2 Å². The Bertz CT molecular complexity index is 1390. The van der Waals surface area contributed by atoms with Crippen LogP contribution in [0.2, 0.25) is 0 Å². The molecule has 1 aromatic heterocycles. The molecule has 1 fully saturated rings. The molecule has 0 bridgehead atoms. The van der Waals surface area contributed by atoms with Crippen molar-refractivity contribution in [3.63, 3.8) is 0 Å². The van der Waals surface area contributed by atoms with Crippen molar-refractivity contribution in [3.8, 4) is 28.6 Å². The average Bonchev–Trinajstić information content (AvgIpc) is 2.94. The van der Waals surface area contributed by atoms with Crippen LogP contribution in [0.4, 0.5) is 8.78 Å². The summed E-state index contributed by atoms with van der Waals surface area (Å²) < 4.78 is 40.4. The Morgan fingerprint density at radius 2 is 1.82 bits per heavy atom. The van der Waals surface area contributed by atoms with Crippen LogP contribution in [-0.4, -0.2) is 50.7 Å². The van der Waals surface area contributed by atoms with Gasteiger partial charge >= 0.3 is 11.9 Å². The van der Waals surface area contributed by atoms with E-state index in [1.807, 2.05) is 35.2 Å². The van der Waals surface area contributed by atoms with Crippen molar-refractivity contribution in [2.45, 2.75) is 57.8 Å². The van der Waals surface area contributed by atoms with Gasteiger partial charge in [-0.05, 0) is 54.6 Å². The number of benzene rings is 2. The molecule has 0 aliphatic carbocycles. The molecule has 1 aliphatic rings. The molecular weight excluding hydrogens is 524 g/mol. The van der Waals surface area contributed by atoms with Gasteiger partial charge < -0.3 is 25.4 Å². The van der Waals surface area contributed by atoms with Crippen LogP contribution in [0.3, 0.4) is 0 Å². The number of halogens is 2. The molecule has 11 heteroatoms. The predicted molar refractivity (Wildman–Crippen MR) is 142 cm³/mol. The summed E-state index contributed by atoms with van der Waals surface area (Å²) >= 11 is 0. The molecule has 4 N–H and O–H groups in total. The lowest BCUT2D eigenvalue weighted by atomic mass is 9.98. The van der Waals surface area contributed by atoms with Crippen molar-refractivity contribution in [2.24, 2.45) is 5.73 Å². The largest absolute Gasteiger partial charge is 0.480 e. The minimum atomic E-state index is -1.39. The van der Waals surface area contributed by atoms with E-state index in [2.05, 4.69) is 4.98 Å². The van der Waals surface area contributed by atoms with Crippen molar-refractivity contribution >= 4 is 11.9 Å². The Morgan fingerprint density at radius 1 is 1.07 bits per heavy atom. The molecule has 0 spiro atoms. The van der Waals surface area contributed by atoms with Crippen molar-refractivity contribution < 1.29 is 38.1 Å². The van der Waals surface area contributed by atoms with Crippen LogP contribution in [0.25, 0.3) is 11.1 Å². The standard InChI is InChI=1S/C29H31F2N3O6/c1-2-24(29(37)38)39-26-21(30)14-22(31)27(33-26)40-25-13-19(18-7-5-6-17(12-18)15-32)9-10-20(25)16-34-11-4-3-8-23(34)28(35)36/h5-7,9-10,12-14,23-24H,2-4,8,11,15-16,32H2,1H3,(H,35,36)(H,37,38). The van der Waals surface area contributed by atoms with E-state index in [-0.39, 0.29) is 18.7 Å². The van der Waals surface area contributed by atoms with E-state index in [1.165, 1.54) is 0 Å². The molecule has 3 aromatic rings. The molecule has 2 unspecified atom stereocenters. The summed E-state index contributed by atoms with van der Waals surface area (Å²) in [6.45, 7) is 2.65. The summed E-state index contributed by atoms with van der Waals surface area (Å²) in [5.74, 6) is -5.67. The zero-order chi connectivity index (χ0) is 28.8. The van der Waals surface area contributed by atoms with E-state index < -0.39 is 47.5 Å². The Balaban J connectivity index is 1.74. The maximum atomic E-state index is 14.9. The number of hydrogen-bond acceptors (Lipinski definition) is 7. The molecule has 2 atom stereocenters. The summed E-state index contributed by atoms with van der Waals surface area (Å²) in [5, 5.41) is 19.0. The van der Waals surface area contributed by atoms with E-state index in [0.29, 0.717) is 31.1 Å². The smallest absolute Gasteiger partial charge is 0.344 e. The van der Waals surface area contributed by atoms with Crippen LogP contribution in [0.15, 0.2) is 48.5 Å². The molecule has 0 amide bonds. The van der Waals surface area contributed by atoms with Crippen LogP contribution in [0.1, 0.15) is 43.7 Å². The fourth-order valence-electron chi connectivity index (χ4n) is 4.65. The Morgan fingerprint density at radius 3 is 2.52 bits per heavy atom. The van der Waals surface area contributed by atoms with Gasteiger partial charge in [-0.15, -0.1) is 0 Å². The molecule has 1 saturated heterocycles. The highest BCUT2D eigenvalue weighted by molar-refractivity contribution is 5.74. The number of piperidine rings is 1. The summed E-state index contributed by atoms with van der Waals surface area (Å²) in [4.78, 5) is 28.9. The molecule has 2 aromatic carbocycles. The van der Waals surface area contributed by atoms with E-state index in [9.17, 15) is 28.6 Å². The number of hydrogen-bond donors (Lipinski definition) is 3. The first kappa shape index (κ1) is 28.9. The van der Waals surface area contributed by atoms with Crippen molar-refractivity contribution in [1.82, 2.24) is 9.88 Å². The second-order valence-corrected chi connectivity index (χ2v) is 9.56. The highest BCUT2D eigenvalue weighted by Crippen LogP contribution is 2.35. The SMILES string of the molecule is CCC(Oc1nc(Oc2cc(-c3cccc(CN)c3)ccc2CN2CCCCC2C(=O)O)c(F)cc1F)C(=O)O. The lowest BCUT2D eigenvalue weighted by molar-refractivity contribution is -0.146. The highest BCUT2D eigenvalue weighted by Gasteiger charge is 2.29. The van der Waals surface area contributed by atoms with Crippen molar-refractivity contribution in [2.75, 3.05) is 6.54 Å². The van der Waals surface area contributed by atoms with E-state index >= 15 is 0 Å². The number of nitrogens with zero attached hydrogens (tertiary/aromatic N) is 2. The van der Waals surface area contributed by atoms with Crippen LogP contribution >= 0.6 is 0 Å². The van der Waals surface area contributed by atoms with Gasteiger partial charge in [-0.25, -0.2) is 13.6 Å². The summed E-state index contributed by atoms with van der Waals surface area (Å²) in [6, 6.07) is 12.7. The topological polar surface area (TPSA) is 135 Å². The van der Waals surface area contributed by atoms with E-state index in [1.54, 1.807) is 19.1 Å². The maximum absolute atomic E-state index is 14.9. The second kappa shape index (κ2) is 12.8. The third kappa shape index (κ3) is 6.72. The zero-order valence-electron chi connectivity index (χ0n) is 22.0. The normalized spacial score (nSPS) is 16.4. The number of likely N-dealkylation sites (tertiary alicyclic amines) is 1. The van der Waals surface area contributed by atoms with Gasteiger partial charge in [-0.3, -0.25) is 9.69 Å². The minimum absolute atomic E-state index is 0.0264. The summed E-state index contributed by atoms with van der Waals surface area (Å²) in [5.41, 5.74) is 8.81. The number of pyridine rings is 1. The average molecular weight is 556 g/mol. The molecule has 1 aliphatic heterocycles. The quantitative estimate of drug-likeness (QED) is 0.300. The Kier molecular flexibility index (Phi) is 9.28. The molecule has 0 radical (unpaired) electrons. The number of aliphatic carboxylic acids is 2. The van der Waals surface area contributed by atoms with Gasteiger partial charge in [0.05, 0.1) is 0 Å². The number of ether oxygens (including phenoxy) is 2. The molecule has 40 heavy (non-hydrogen) atoms. The molecule has 212 valence electrons. The van der Waals surface area contributed by atoms with E-state index in [4.69, 9.17) is 15.2 Å². The van der Waals surface area contributed by atoms with E-state index in [0.717, 1.165) is 29.5 Å². The first-order valence-electron chi connectivity index (χ1n) is 13.0. The van der Waals surface area contributed by atoms with Gasteiger partial charge in [0.15, 0.2) is 17.7 Å². The maximum Gasteiger partial charge on any atom is 0.344 e. The lowest BCUT2D eigenvalue weighted by Crippen LogP contribution is -2.44. The fourth-order valence-corrected chi connectivity index (χ4v) is 4.65. The fraction of sp³-hybridized carbons (Fsp3) is 0.345. The monoisotopic (exact) mass is 555 g/mol. The first-order valence-corrected chi connectivity index (χ1v) is 13.0. The summed E-state index contributed by atoms with van der Waals surface area (Å²) in [7, 11) is 0. The zero-order valence-corrected chi connectivity index (χ0v) is 22.0.